The van der Waals surface area contributed by atoms with Crippen molar-refractivity contribution in [3.8, 4) is 0 Å². The van der Waals surface area contributed by atoms with Crippen molar-refractivity contribution in [2.45, 2.75) is 71.1 Å². The summed E-state index contributed by atoms with van der Waals surface area (Å²) >= 11 is 0. The maximum Gasteiger partial charge on any atom is 0.416 e. The molecule has 0 fully saturated rings. The molecule has 6 rings (SSSR count). The van der Waals surface area contributed by atoms with Crippen molar-refractivity contribution in [1.29, 1.82) is 0 Å². The number of allylic oxidation sites excluding steroid dienone is 4. The van der Waals surface area contributed by atoms with Crippen LogP contribution in [0.15, 0.2) is 91.0 Å². The Morgan fingerprint density at radius 2 is 1.21 bits per heavy atom. The Morgan fingerprint density at radius 3 is 1.70 bits per heavy atom. The fourth-order valence-electron chi connectivity index (χ4n) is 6.58. The standard InChI is InChI=1S/C41H36F6/c1-38(2,3)28-18-17-25-21-33-32(31(25)22-28)23-34(39(4,5)6)37(36(33)24-11-7-8-12-24)35(26-13-9-15-29(19-26)40(42,43)44)27-14-10-16-30(20-27)41(45,46)47/h7-11,13-23H,12H2,1-6H3. The Morgan fingerprint density at radius 1 is 0.617 bits per heavy atom. The zero-order valence-corrected chi connectivity index (χ0v) is 27.2. The minimum absolute atomic E-state index is 0.0980. The Hall–Kier alpha value is -4.32. The van der Waals surface area contributed by atoms with E-state index in [2.05, 4.69) is 51.1 Å². The molecule has 0 saturated carbocycles. The van der Waals surface area contributed by atoms with Gasteiger partial charge in [0.25, 0.3) is 0 Å². The lowest BCUT2D eigenvalue weighted by Gasteiger charge is -2.26. The van der Waals surface area contributed by atoms with Gasteiger partial charge in [-0.05, 0) is 119 Å². The van der Waals surface area contributed by atoms with Crippen LogP contribution in [0.2, 0.25) is 0 Å². The minimum Gasteiger partial charge on any atom is -0.166 e. The van der Waals surface area contributed by atoms with Gasteiger partial charge in [-0.1, -0.05) is 102 Å². The van der Waals surface area contributed by atoms with Crippen LogP contribution in [0, 0.1) is 10.4 Å². The third-order valence-electron chi connectivity index (χ3n) is 8.98. The molecule has 0 heterocycles. The van der Waals surface area contributed by atoms with Gasteiger partial charge in [-0.15, -0.1) is 0 Å². The van der Waals surface area contributed by atoms with Crippen LogP contribution in [0.5, 0.6) is 0 Å². The van der Waals surface area contributed by atoms with Crippen molar-refractivity contribution in [2.75, 3.05) is 0 Å². The minimum atomic E-state index is -4.64. The van der Waals surface area contributed by atoms with E-state index < -0.39 is 28.9 Å². The molecule has 242 valence electrons. The average molecular weight is 643 g/mol. The second-order valence-corrected chi connectivity index (χ2v) is 14.4. The Labute approximate surface area is 270 Å². The fraction of sp³-hybridized carbons (Fsp3) is 0.268. The van der Waals surface area contributed by atoms with Crippen LogP contribution in [-0.4, -0.2) is 0 Å². The zero-order chi connectivity index (χ0) is 34.1. The predicted molar refractivity (Wildman–Crippen MR) is 177 cm³/mol. The van der Waals surface area contributed by atoms with E-state index in [4.69, 9.17) is 0 Å². The molecule has 4 aromatic carbocycles. The molecule has 2 aliphatic carbocycles. The van der Waals surface area contributed by atoms with Crippen molar-refractivity contribution in [1.82, 2.24) is 0 Å². The van der Waals surface area contributed by atoms with Gasteiger partial charge in [-0.3, -0.25) is 0 Å². The molecule has 47 heavy (non-hydrogen) atoms. The van der Waals surface area contributed by atoms with Crippen molar-refractivity contribution in [3.63, 3.8) is 0 Å². The first-order chi connectivity index (χ1) is 21.8. The highest BCUT2D eigenvalue weighted by Crippen LogP contribution is 2.38. The number of hydrogen-bond acceptors (Lipinski definition) is 0. The topological polar surface area (TPSA) is 0 Å². The van der Waals surface area contributed by atoms with Gasteiger partial charge >= 0.3 is 12.4 Å². The fourth-order valence-corrected chi connectivity index (χ4v) is 6.58. The molecule has 0 aromatic heterocycles. The van der Waals surface area contributed by atoms with E-state index in [1.807, 2.05) is 39.0 Å². The van der Waals surface area contributed by atoms with Crippen molar-refractivity contribution >= 4 is 17.2 Å². The summed E-state index contributed by atoms with van der Waals surface area (Å²) in [6.07, 6.45) is -0.618. The Bertz CT molecular complexity index is 2140. The normalized spacial score (nSPS) is 14.5. The SMILES string of the molecule is CC(C)(C)c1ccc2c(c1)=c1cc(C(C)(C)C)c(=C(c3cccc(C(F)(F)F)c3)c3cccc(C(F)(F)F)c3)c(C3=CC=CC3)c1C=2. The molecule has 0 amide bonds. The van der Waals surface area contributed by atoms with E-state index >= 15 is 0 Å². The molecule has 0 unspecified atom stereocenters. The van der Waals surface area contributed by atoms with E-state index in [1.165, 1.54) is 17.7 Å². The summed E-state index contributed by atoms with van der Waals surface area (Å²) in [4.78, 5) is 0. The average Bonchev–Trinajstić information content (AvgIpc) is 3.63. The first-order valence-electron chi connectivity index (χ1n) is 15.6. The van der Waals surface area contributed by atoms with Crippen LogP contribution in [0.4, 0.5) is 26.3 Å². The van der Waals surface area contributed by atoms with Gasteiger partial charge in [-0.25, -0.2) is 0 Å². The molecule has 4 aromatic rings. The second-order valence-electron chi connectivity index (χ2n) is 14.4. The van der Waals surface area contributed by atoms with Gasteiger partial charge in [0.15, 0.2) is 0 Å². The smallest absolute Gasteiger partial charge is 0.166 e. The third-order valence-corrected chi connectivity index (χ3v) is 8.98. The van der Waals surface area contributed by atoms with Crippen LogP contribution in [0.1, 0.15) is 92.5 Å². The largest absolute Gasteiger partial charge is 0.416 e. The number of halogens is 6. The molecule has 0 aliphatic heterocycles. The molecule has 0 saturated heterocycles. The van der Waals surface area contributed by atoms with Crippen LogP contribution >= 0.6 is 0 Å². The summed E-state index contributed by atoms with van der Waals surface area (Å²) in [5.74, 6) is 0. The lowest BCUT2D eigenvalue weighted by atomic mass is 9.78. The Balaban J connectivity index is 1.90. The number of benzene rings is 4. The summed E-state index contributed by atoms with van der Waals surface area (Å²) in [6.45, 7) is 12.6. The lowest BCUT2D eigenvalue weighted by molar-refractivity contribution is -0.138. The van der Waals surface area contributed by atoms with E-state index in [1.54, 1.807) is 12.1 Å². The molecular formula is C41H36F6. The van der Waals surface area contributed by atoms with E-state index in [0.29, 0.717) is 17.2 Å². The molecule has 0 atom stereocenters. The summed E-state index contributed by atoms with van der Waals surface area (Å²) in [7, 11) is 0. The van der Waals surface area contributed by atoms with E-state index in [9.17, 15) is 26.3 Å². The molecule has 0 nitrogen and oxygen atoms in total. The van der Waals surface area contributed by atoms with Gasteiger partial charge in [-0.2, -0.15) is 26.3 Å². The molecule has 0 spiro atoms. The highest BCUT2D eigenvalue weighted by atomic mass is 19.4. The second kappa shape index (κ2) is 11.1. The Kier molecular flexibility index (Phi) is 7.73. The maximum atomic E-state index is 14.1. The summed E-state index contributed by atoms with van der Waals surface area (Å²) in [5, 5.41) is 3.74. The van der Waals surface area contributed by atoms with E-state index in [-0.39, 0.29) is 16.5 Å². The number of alkyl halides is 6. The quantitative estimate of drug-likeness (QED) is 0.172. The van der Waals surface area contributed by atoms with Crippen molar-refractivity contribution in [3.05, 3.63) is 156 Å². The maximum absolute atomic E-state index is 14.1. The molecule has 0 radical (unpaired) electrons. The zero-order valence-electron chi connectivity index (χ0n) is 27.2. The first kappa shape index (κ1) is 32.6. The highest BCUT2D eigenvalue weighted by Gasteiger charge is 2.33. The van der Waals surface area contributed by atoms with Crippen LogP contribution < -0.4 is 10.4 Å². The van der Waals surface area contributed by atoms with Crippen molar-refractivity contribution < 1.29 is 26.3 Å². The summed E-state index contributed by atoms with van der Waals surface area (Å²) in [5.41, 5.74) is 3.07. The van der Waals surface area contributed by atoms with Gasteiger partial charge in [0.05, 0.1) is 11.1 Å². The third kappa shape index (κ3) is 6.10. The number of rotatable bonds is 3. The lowest BCUT2D eigenvalue weighted by Crippen LogP contribution is -2.29. The molecular weight excluding hydrogens is 606 g/mol. The molecule has 2 aliphatic rings. The van der Waals surface area contributed by atoms with Gasteiger partial charge in [0.2, 0.25) is 0 Å². The number of hydrogen-bond donors (Lipinski definition) is 0. The monoisotopic (exact) mass is 642 g/mol. The highest BCUT2D eigenvalue weighted by molar-refractivity contribution is 5.88. The molecule has 0 N–H and O–H groups in total. The van der Waals surface area contributed by atoms with Crippen LogP contribution in [0.3, 0.4) is 0 Å². The predicted octanol–water partition coefficient (Wildman–Crippen LogP) is 10.3. The van der Waals surface area contributed by atoms with Gasteiger partial charge in [0.1, 0.15) is 0 Å². The van der Waals surface area contributed by atoms with Crippen molar-refractivity contribution in [2.24, 2.45) is 0 Å². The van der Waals surface area contributed by atoms with Crippen LogP contribution in [0.25, 0.3) is 17.2 Å². The number of fused-ring (bicyclic) bond motifs is 2. The first-order valence-corrected chi connectivity index (χ1v) is 15.6. The summed E-state index contributed by atoms with van der Waals surface area (Å²) in [6, 6.07) is 18.4. The molecule has 6 heteroatoms. The van der Waals surface area contributed by atoms with Gasteiger partial charge in [0, 0.05) is 0 Å². The van der Waals surface area contributed by atoms with E-state index in [0.717, 1.165) is 62.2 Å². The summed E-state index contributed by atoms with van der Waals surface area (Å²) < 4.78 is 84.7. The van der Waals surface area contributed by atoms with Gasteiger partial charge < -0.3 is 0 Å². The molecule has 0 bridgehead atoms. The van der Waals surface area contributed by atoms with Crippen LogP contribution in [-0.2, 0) is 23.2 Å².